The molecule has 4 nitrogen and oxygen atoms in total. The molecule has 0 radical (unpaired) electrons. The molecular formula is C25H40N4S. The van der Waals surface area contributed by atoms with Gasteiger partial charge in [-0.15, -0.1) is 11.8 Å². The second-order valence-corrected chi connectivity index (χ2v) is 10.4. The normalized spacial score (nSPS) is 30.1. The zero-order chi connectivity index (χ0) is 20.8. The minimum absolute atomic E-state index is 0.670. The number of rotatable bonds is 5. The van der Waals surface area contributed by atoms with Crippen LogP contribution in [0.25, 0.3) is 0 Å². The molecule has 1 aromatic rings. The van der Waals surface area contributed by atoms with Crippen molar-refractivity contribution in [1.82, 2.24) is 4.90 Å². The van der Waals surface area contributed by atoms with Crippen molar-refractivity contribution in [2.75, 3.05) is 31.2 Å². The van der Waals surface area contributed by atoms with E-state index in [1.165, 1.54) is 74.8 Å². The zero-order valence-corrected chi connectivity index (χ0v) is 19.5. The summed E-state index contributed by atoms with van der Waals surface area (Å²) in [6.45, 7) is 2.92. The van der Waals surface area contributed by atoms with E-state index in [1.807, 2.05) is 0 Å². The van der Waals surface area contributed by atoms with Crippen molar-refractivity contribution in [2.45, 2.75) is 75.1 Å². The van der Waals surface area contributed by atoms with Crippen molar-refractivity contribution in [1.29, 1.82) is 0 Å². The molecule has 1 aromatic carbocycles. The number of nitrogens with one attached hydrogen (secondary N) is 1. The van der Waals surface area contributed by atoms with E-state index in [1.54, 1.807) is 11.8 Å². The van der Waals surface area contributed by atoms with Crippen molar-refractivity contribution in [3.63, 3.8) is 0 Å². The number of thioether (sulfide) groups is 1. The summed E-state index contributed by atoms with van der Waals surface area (Å²) in [4.78, 5) is 9.22. The Bertz CT molecular complexity index is 704. The molecule has 0 aromatic heterocycles. The highest BCUT2D eigenvalue weighted by Crippen LogP contribution is 2.36. The van der Waals surface area contributed by atoms with Gasteiger partial charge >= 0.3 is 0 Å². The molecule has 4 atom stereocenters. The maximum absolute atomic E-state index is 5.99. The fraction of sp³-hybridized carbons (Fsp3) is 0.720. The highest BCUT2D eigenvalue weighted by Gasteiger charge is 2.35. The summed E-state index contributed by atoms with van der Waals surface area (Å²) in [6, 6.07) is 9.34. The SMILES string of the molecule is CSc1ccccc1NC(=NCC1CCCC(CN)C1)N1CCCC2CCCCC21. The summed E-state index contributed by atoms with van der Waals surface area (Å²) in [5.41, 5.74) is 7.19. The summed E-state index contributed by atoms with van der Waals surface area (Å²) in [7, 11) is 0. The number of hydrogen-bond donors (Lipinski definition) is 2. The van der Waals surface area contributed by atoms with Crippen molar-refractivity contribution in [3.8, 4) is 0 Å². The second-order valence-electron chi connectivity index (χ2n) is 9.57. The van der Waals surface area contributed by atoms with Gasteiger partial charge in [-0.25, -0.2) is 0 Å². The lowest BCUT2D eigenvalue weighted by molar-refractivity contribution is 0.119. The van der Waals surface area contributed by atoms with Gasteiger partial charge in [0.05, 0.1) is 5.69 Å². The molecule has 1 aliphatic heterocycles. The van der Waals surface area contributed by atoms with Gasteiger partial charge in [0.15, 0.2) is 5.96 Å². The van der Waals surface area contributed by atoms with Crippen LogP contribution in [0.3, 0.4) is 0 Å². The number of aliphatic imine (C=N–C) groups is 1. The molecular weight excluding hydrogens is 388 g/mol. The van der Waals surface area contributed by atoms with E-state index >= 15 is 0 Å². The Labute approximate surface area is 187 Å². The van der Waals surface area contributed by atoms with Crippen LogP contribution in [0.1, 0.15) is 64.2 Å². The van der Waals surface area contributed by atoms with E-state index in [-0.39, 0.29) is 0 Å². The molecule has 4 unspecified atom stereocenters. The lowest BCUT2D eigenvalue weighted by atomic mass is 9.78. The van der Waals surface area contributed by atoms with Crippen LogP contribution in [0.4, 0.5) is 5.69 Å². The van der Waals surface area contributed by atoms with Gasteiger partial charge < -0.3 is 16.0 Å². The Hall–Kier alpha value is -1.20. The number of benzene rings is 1. The predicted octanol–water partition coefficient (Wildman–Crippen LogP) is 5.60. The number of guanidine groups is 1. The third-order valence-corrected chi connectivity index (χ3v) is 8.39. The quantitative estimate of drug-likeness (QED) is 0.364. The first kappa shape index (κ1) is 22.0. The summed E-state index contributed by atoms with van der Waals surface area (Å²) < 4.78 is 0. The van der Waals surface area contributed by atoms with Crippen molar-refractivity contribution < 1.29 is 0 Å². The molecule has 0 amide bonds. The molecule has 1 heterocycles. The van der Waals surface area contributed by atoms with Crippen LogP contribution < -0.4 is 11.1 Å². The molecule has 2 aliphatic carbocycles. The molecule has 3 aliphatic rings. The molecule has 4 rings (SSSR count). The monoisotopic (exact) mass is 428 g/mol. The molecule has 30 heavy (non-hydrogen) atoms. The molecule has 3 fully saturated rings. The predicted molar refractivity (Wildman–Crippen MR) is 130 cm³/mol. The van der Waals surface area contributed by atoms with E-state index in [0.717, 1.165) is 31.5 Å². The number of anilines is 1. The summed E-state index contributed by atoms with van der Waals surface area (Å²) >= 11 is 1.81. The van der Waals surface area contributed by atoms with Crippen LogP contribution in [-0.2, 0) is 0 Å². The number of hydrogen-bond acceptors (Lipinski definition) is 3. The van der Waals surface area contributed by atoms with E-state index in [4.69, 9.17) is 10.7 Å². The number of fused-ring (bicyclic) bond motifs is 1. The first-order chi connectivity index (χ1) is 14.8. The average molecular weight is 429 g/mol. The fourth-order valence-electron chi connectivity index (χ4n) is 5.96. The second kappa shape index (κ2) is 10.9. The highest BCUT2D eigenvalue weighted by atomic mass is 32.2. The third-order valence-electron chi connectivity index (χ3n) is 7.59. The molecule has 2 saturated carbocycles. The molecule has 166 valence electrons. The number of likely N-dealkylation sites (tertiary alicyclic amines) is 1. The number of piperidine rings is 1. The van der Waals surface area contributed by atoms with Crippen molar-refractivity contribution >= 4 is 23.4 Å². The Morgan fingerprint density at radius 1 is 1.07 bits per heavy atom. The average Bonchev–Trinajstić information content (AvgIpc) is 2.82. The fourth-order valence-corrected chi connectivity index (χ4v) is 6.51. The smallest absolute Gasteiger partial charge is 0.198 e. The van der Waals surface area contributed by atoms with Gasteiger partial charge in [-0.2, -0.15) is 0 Å². The number of para-hydroxylation sites is 1. The van der Waals surface area contributed by atoms with Crippen LogP contribution in [0, 0.1) is 17.8 Å². The number of nitrogens with zero attached hydrogens (tertiary/aromatic N) is 2. The van der Waals surface area contributed by atoms with E-state index in [2.05, 4.69) is 40.7 Å². The zero-order valence-electron chi connectivity index (χ0n) is 18.7. The van der Waals surface area contributed by atoms with Crippen LogP contribution >= 0.6 is 11.8 Å². The maximum Gasteiger partial charge on any atom is 0.198 e. The van der Waals surface area contributed by atoms with Crippen LogP contribution in [0.2, 0.25) is 0 Å². The molecule has 1 saturated heterocycles. The van der Waals surface area contributed by atoms with Gasteiger partial charge in [0.1, 0.15) is 0 Å². The maximum atomic E-state index is 5.99. The van der Waals surface area contributed by atoms with Crippen LogP contribution in [0.5, 0.6) is 0 Å². The topological polar surface area (TPSA) is 53.6 Å². The Kier molecular flexibility index (Phi) is 8.00. The largest absolute Gasteiger partial charge is 0.339 e. The summed E-state index contributed by atoms with van der Waals surface area (Å²) in [5.74, 6) is 3.37. The van der Waals surface area contributed by atoms with Crippen LogP contribution in [-0.4, -0.2) is 42.8 Å². The number of nitrogens with two attached hydrogens (primary N) is 1. The van der Waals surface area contributed by atoms with Gasteiger partial charge in [0, 0.05) is 24.0 Å². The Morgan fingerprint density at radius 3 is 2.73 bits per heavy atom. The lowest BCUT2D eigenvalue weighted by Gasteiger charge is -2.45. The van der Waals surface area contributed by atoms with E-state index in [0.29, 0.717) is 17.9 Å². The van der Waals surface area contributed by atoms with Gasteiger partial charge in [-0.3, -0.25) is 4.99 Å². The molecule has 0 bridgehead atoms. The molecule has 5 heteroatoms. The Morgan fingerprint density at radius 2 is 1.87 bits per heavy atom. The van der Waals surface area contributed by atoms with Gasteiger partial charge in [0.25, 0.3) is 0 Å². The van der Waals surface area contributed by atoms with Gasteiger partial charge in [-0.1, -0.05) is 31.4 Å². The molecule has 3 N–H and O–H groups in total. The third kappa shape index (κ3) is 5.34. The van der Waals surface area contributed by atoms with Crippen LogP contribution in [0.15, 0.2) is 34.2 Å². The minimum atomic E-state index is 0.670. The van der Waals surface area contributed by atoms with E-state index < -0.39 is 0 Å². The van der Waals surface area contributed by atoms with E-state index in [9.17, 15) is 0 Å². The van der Waals surface area contributed by atoms with Gasteiger partial charge in [-0.05, 0) is 87.6 Å². The summed E-state index contributed by atoms with van der Waals surface area (Å²) in [5, 5.41) is 3.80. The van der Waals surface area contributed by atoms with Gasteiger partial charge in [0.2, 0.25) is 0 Å². The van der Waals surface area contributed by atoms with Crippen molar-refractivity contribution in [3.05, 3.63) is 24.3 Å². The first-order valence-corrected chi connectivity index (χ1v) is 13.4. The summed E-state index contributed by atoms with van der Waals surface area (Å²) in [6.07, 6.45) is 15.5. The standard InChI is InChI=1S/C25H40N4S/c1-30-24-14-5-3-12-22(24)28-25(27-18-20-9-6-8-19(16-20)17-26)29-15-7-11-21-10-2-4-13-23(21)29/h3,5,12,14,19-21,23H,2,4,6-11,13,15-18,26H2,1H3,(H,27,28). The lowest BCUT2D eigenvalue weighted by Crippen LogP contribution is -2.52. The first-order valence-electron chi connectivity index (χ1n) is 12.2. The Balaban J connectivity index is 1.55. The minimum Gasteiger partial charge on any atom is -0.339 e. The highest BCUT2D eigenvalue weighted by molar-refractivity contribution is 7.98. The van der Waals surface area contributed by atoms with Crippen molar-refractivity contribution in [2.24, 2.45) is 28.5 Å². The molecule has 0 spiro atoms.